The molecule has 0 aliphatic carbocycles. The Hall–Kier alpha value is -1.18. The summed E-state index contributed by atoms with van der Waals surface area (Å²) in [4.78, 5) is 15.1. The summed E-state index contributed by atoms with van der Waals surface area (Å²) >= 11 is 5.74. The lowest BCUT2D eigenvalue weighted by Crippen LogP contribution is -2.45. The van der Waals surface area contributed by atoms with Gasteiger partial charge in [-0.05, 0) is 18.1 Å². The molecule has 0 aliphatic heterocycles. The van der Waals surface area contributed by atoms with E-state index in [9.17, 15) is 13.2 Å². The van der Waals surface area contributed by atoms with Gasteiger partial charge >= 0.3 is 5.97 Å². The Morgan fingerprint density at radius 1 is 1.47 bits per heavy atom. The Labute approximate surface area is 117 Å². The number of hydrogen-bond acceptors (Lipinski definition) is 5. The van der Waals surface area contributed by atoms with Gasteiger partial charge in [0.2, 0.25) is 10.0 Å². The molecule has 1 rings (SSSR count). The highest BCUT2D eigenvalue weighted by molar-refractivity contribution is 7.89. The van der Waals surface area contributed by atoms with Gasteiger partial charge in [-0.25, -0.2) is 13.4 Å². The van der Waals surface area contributed by atoms with Gasteiger partial charge in [-0.15, -0.1) is 0 Å². The maximum atomic E-state index is 12.1. The minimum absolute atomic E-state index is 0.151. The second-order valence-corrected chi connectivity index (χ2v) is 6.20. The monoisotopic (exact) mass is 306 g/mol. The highest BCUT2D eigenvalue weighted by atomic mass is 35.5. The fourth-order valence-corrected chi connectivity index (χ4v) is 3.17. The second-order valence-electron chi connectivity index (χ2n) is 4.16. The summed E-state index contributed by atoms with van der Waals surface area (Å²) in [6.07, 6.45) is 1.38. The van der Waals surface area contributed by atoms with Crippen LogP contribution >= 0.6 is 11.6 Å². The maximum Gasteiger partial charge on any atom is 0.324 e. The van der Waals surface area contributed by atoms with Crippen molar-refractivity contribution >= 4 is 27.6 Å². The molecule has 6 nitrogen and oxygen atoms in total. The summed E-state index contributed by atoms with van der Waals surface area (Å²) in [6.45, 7) is 3.41. The molecule has 0 saturated carbocycles. The number of nitrogens with zero attached hydrogens (tertiary/aromatic N) is 1. The Kier molecular flexibility index (Phi) is 5.28. The number of aromatic nitrogens is 1. The fraction of sp³-hybridized carbons (Fsp3) is 0.455. The van der Waals surface area contributed by atoms with Crippen molar-refractivity contribution in [3.8, 4) is 0 Å². The van der Waals surface area contributed by atoms with E-state index in [0.717, 1.165) is 0 Å². The minimum atomic E-state index is -3.94. The number of rotatable bonds is 5. The predicted octanol–water partition coefficient (Wildman–Crippen LogP) is 1.21. The van der Waals surface area contributed by atoms with Crippen molar-refractivity contribution in [2.24, 2.45) is 5.92 Å². The number of nitrogens with one attached hydrogen (secondary N) is 1. The number of carbonyl (C=O) groups is 1. The van der Waals surface area contributed by atoms with E-state index in [1.54, 1.807) is 13.8 Å². The van der Waals surface area contributed by atoms with E-state index in [2.05, 4.69) is 14.4 Å². The third-order valence-corrected chi connectivity index (χ3v) is 4.30. The number of carbonyl (C=O) groups excluding carboxylic acids is 1. The molecule has 1 unspecified atom stereocenters. The number of halogens is 1. The van der Waals surface area contributed by atoms with Crippen molar-refractivity contribution in [3.05, 3.63) is 23.5 Å². The first-order chi connectivity index (χ1) is 8.79. The van der Waals surface area contributed by atoms with Gasteiger partial charge in [0, 0.05) is 6.20 Å². The third-order valence-electron chi connectivity index (χ3n) is 2.42. The van der Waals surface area contributed by atoms with E-state index < -0.39 is 22.0 Å². The molecule has 0 fully saturated rings. The van der Waals surface area contributed by atoms with Crippen LogP contribution in [-0.4, -0.2) is 32.5 Å². The van der Waals surface area contributed by atoms with E-state index in [1.807, 2.05) is 0 Å². The Balaban J connectivity index is 3.08. The molecule has 0 bridgehead atoms. The average molecular weight is 307 g/mol. The van der Waals surface area contributed by atoms with Crippen molar-refractivity contribution in [2.75, 3.05) is 7.11 Å². The summed E-state index contributed by atoms with van der Waals surface area (Å²) in [6, 6.07) is 1.78. The van der Waals surface area contributed by atoms with Crippen LogP contribution in [0.5, 0.6) is 0 Å². The topological polar surface area (TPSA) is 85.4 Å². The van der Waals surface area contributed by atoms with Crippen molar-refractivity contribution in [2.45, 2.75) is 24.8 Å². The number of methoxy groups -OCH3 is 1. The largest absolute Gasteiger partial charge is 0.468 e. The molecule has 1 heterocycles. The Morgan fingerprint density at radius 2 is 2.11 bits per heavy atom. The van der Waals surface area contributed by atoms with Crippen LogP contribution in [-0.2, 0) is 19.6 Å². The quantitative estimate of drug-likeness (QED) is 0.653. The lowest BCUT2D eigenvalue weighted by Gasteiger charge is -2.19. The number of sulfonamides is 1. The third kappa shape index (κ3) is 3.89. The molecule has 0 amide bonds. The van der Waals surface area contributed by atoms with Crippen molar-refractivity contribution in [1.82, 2.24) is 9.71 Å². The first kappa shape index (κ1) is 15.9. The molecule has 19 heavy (non-hydrogen) atoms. The van der Waals surface area contributed by atoms with E-state index in [4.69, 9.17) is 11.6 Å². The number of ether oxygens (including phenoxy) is 1. The predicted molar refractivity (Wildman–Crippen MR) is 70.2 cm³/mol. The number of esters is 1. The maximum absolute atomic E-state index is 12.1. The SMILES string of the molecule is COC(=O)C(NS(=O)(=O)c1cccnc1Cl)C(C)C. The first-order valence-corrected chi connectivity index (χ1v) is 7.36. The summed E-state index contributed by atoms with van der Waals surface area (Å²) in [5.74, 6) is -0.920. The van der Waals surface area contributed by atoms with Crippen LogP contribution in [0.15, 0.2) is 23.2 Å². The summed E-state index contributed by atoms with van der Waals surface area (Å²) in [7, 11) is -2.74. The van der Waals surface area contributed by atoms with Gasteiger partial charge in [0.05, 0.1) is 7.11 Å². The number of hydrogen-bond donors (Lipinski definition) is 1. The Bertz CT molecular complexity index is 560. The highest BCUT2D eigenvalue weighted by Gasteiger charge is 2.30. The van der Waals surface area contributed by atoms with Crippen LogP contribution in [0.3, 0.4) is 0 Å². The van der Waals surface area contributed by atoms with Crippen molar-refractivity contribution < 1.29 is 17.9 Å². The molecular formula is C11H15ClN2O4S. The molecule has 1 atom stereocenters. The smallest absolute Gasteiger partial charge is 0.324 e. The molecule has 0 spiro atoms. The molecule has 0 radical (unpaired) electrons. The van der Waals surface area contributed by atoms with Crippen LogP contribution in [0.4, 0.5) is 0 Å². The van der Waals surface area contributed by atoms with Gasteiger partial charge in [-0.2, -0.15) is 4.72 Å². The van der Waals surface area contributed by atoms with E-state index in [-0.39, 0.29) is 16.0 Å². The zero-order valence-corrected chi connectivity index (χ0v) is 12.3. The van der Waals surface area contributed by atoms with Gasteiger partial charge < -0.3 is 4.74 Å². The molecule has 0 aliphatic rings. The van der Waals surface area contributed by atoms with Crippen LogP contribution in [0, 0.1) is 5.92 Å². The summed E-state index contributed by atoms with van der Waals surface area (Å²) in [5, 5.41) is -0.151. The van der Waals surface area contributed by atoms with Crippen molar-refractivity contribution in [1.29, 1.82) is 0 Å². The molecule has 1 aromatic heterocycles. The molecule has 106 valence electrons. The van der Waals surface area contributed by atoms with Crippen molar-refractivity contribution in [3.63, 3.8) is 0 Å². The molecule has 8 heteroatoms. The Morgan fingerprint density at radius 3 is 2.58 bits per heavy atom. The first-order valence-electron chi connectivity index (χ1n) is 5.50. The fourth-order valence-electron chi connectivity index (χ4n) is 1.39. The summed E-state index contributed by atoms with van der Waals surface area (Å²) < 4.78 is 31.1. The van der Waals surface area contributed by atoms with Gasteiger partial charge in [0.25, 0.3) is 0 Å². The van der Waals surface area contributed by atoms with E-state index in [0.29, 0.717) is 0 Å². The number of pyridine rings is 1. The lowest BCUT2D eigenvalue weighted by molar-refractivity contribution is -0.143. The van der Waals surface area contributed by atoms with E-state index >= 15 is 0 Å². The molecule has 0 saturated heterocycles. The highest BCUT2D eigenvalue weighted by Crippen LogP contribution is 2.19. The van der Waals surface area contributed by atoms with Gasteiger partial charge in [-0.1, -0.05) is 25.4 Å². The van der Waals surface area contributed by atoms with Crippen LogP contribution < -0.4 is 4.72 Å². The van der Waals surface area contributed by atoms with Gasteiger partial charge in [0.1, 0.15) is 16.1 Å². The van der Waals surface area contributed by atoms with Crippen LogP contribution in [0.2, 0.25) is 5.15 Å². The molecule has 1 aromatic rings. The normalized spacial score (nSPS) is 13.3. The van der Waals surface area contributed by atoms with Gasteiger partial charge in [-0.3, -0.25) is 4.79 Å². The zero-order chi connectivity index (χ0) is 14.6. The van der Waals surface area contributed by atoms with E-state index in [1.165, 1.54) is 25.4 Å². The summed E-state index contributed by atoms with van der Waals surface area (Å²) in [5.41, 5.74) is 0. The molecule has 0 aromatic carbocycles. The molecular weight excluding hydrogens is 292 g/mol. The second kappa shape index (κ2) is 6.31. The van der Waals surface area contributed by atoms with Crippen LogP contribution in [0.25, 0.3) is 0 Å². The van der Waals surface area contributed by atoms with Gasteiger partial charge in [0.15, 0.2) is 0 Å². The average Bonchev–Trinajstić information content (AvgIpc) is 2.35. The molecule has 1 N–H and O–H groups in total. The standard InChI is InChI=1S/C11H15ClN2O4S/c1-7(2)9(11(15)18-3)14-19(16,17)8-5-4-6-13-10(8)12/h4-7,9,14H,1-3H3. The zero-order valence-electron chi connectivity index (χ0n) is 10.8. The lowest BCUT2D eigenvalue weighted by atomic mass is 10.1. The minimum Gasteiger partial charge on any atom is -0.468 e. The van der Waals surface area contributed by atoms with Crippen LogP contribution in [0.1, 0.15) is 13.8 Å².